The lowest BCUT2D eigenvalue weighted by atomic mass is 9.83. The Labute approximate surface area is 193 Å². The molecule has 2 aliphatic rings. The van der Waals surface area contributed by atoms with Crippen molar-refractivity contribution in [3.8, 4) is 5.75 Å². The number of ketones is 1. The molecule has 170 valence electrons. The van der Waals surface area contributed by atoms with Crippen molar-refractivity contribution in [3.05, 3.63) is 71.4 Å². The van der Waals surface area contributed by atoms with Crippen LogP contribution in [0.4, 0.5) is 0 Å². The first-order chi connectivity index (χ1) is 16.0. The lowest BCUT2D eigenvalue weighted by Crippen LogP contribution is -2.54. The monoisotopic (exact) mass is 444 g/mol. The highest BCUT2D eigenvalue weighted by Gasteiger charge is 2.43. The summed E-state index contributed by atoms with van der Waals surface area (Å²) in [6, 6.07) is 14.0. The van der Waals surface area contributed by atoms with Crippen molar-refractivity contribution in [1.29, 1.82) is 0 Å². The maximum Gasteiger partial charge on any atom is 0.330 e. The van der Waals surface area contributed by atoms with Gasteiger partial charge < -0.3 is 14.0 Å². The summed E-state index contributed by atoms with van der Waals surface area (Å²) in [7, 11) is 3.42. The zero-order valence-corrected chi connectivity index (χ0v) is 19.0. The highest BCUT2D eigenvalue weighted by Crippen LogP contribution is 2.39. The van der Waals surface area contributed by atoms with E-state index in [0.717, 1.165) is 38.0 Å². The molecule has 0 saturated carbocycles. The third-order valence-corrected chi connectivity index (χ3v) is 6.72. The first kappa shape index (κ1) is 21.5. The molecule has 0 aliphatic carbocycles. The molecule has 2 aliphatic heterocycles. The molecule has 1 aromatic heterocycles. The van der Waals surface area contributed by atoms with Gasteiger partial charge in [-0.2, -0.15) is 0 Å². The number of ether oxygens (including phenoxy) is 2. The van der Waals surface area contributed by atoms with Crippen LogP contribution in [-0.4, -0.2) is 47.0 Å². The molecule has 1 fully saturated rings. The Balaban J connectivity index is 1.35. The second-order valence-electron chi connectivity index (χ2n) is 9.09. The molecule has 1 spiro atoms. The summed E-state index contributed by atoms with van der Waals surface area (Å²) in [4.78, 5) is 26.9. The predicted octanol–water partition coefficient (Wildman–Crippen LogP) is 4.36. The lowest BCUT2D eigenvalue weighted by molar-refractivity contribution is -0.134. The van der Waals surface area contributed by atoms with E-state index >= 15 is 0 Å². The number of piperidine rings is 1. The normalized spacial score (nSPS) is 20.8. The summed E-state index contributed by atoms with van der Waals surface area (Å²) in [5, 5.41) is 1.28. The van der Waals surface area contributed by atoms with Crippen molar-refractivity contribution in [2.75, 3.05) is 20.2 Å². The van der Waals surface area contributed by atoms with Gasteiger partial charge in [0.2, 0.25) is 0 Å². The number of benzene rings is 2. The van der Waals surface area contributed by atoms with E-state index in [0.29, 0.717) is 17.7 Å². The second kappa shape index (κ2) is 8.52. The highest BCUT2D eigenvalue weighted by molar-refractivity contribution is 6.01. The van der Waals surface area contributed by atoms with E-state index in [9.17, 15) is 9.59 Å². The number of methoxy groups -OCH3 is 1. The van der Waals surface area contributed by atoms with Gasteiger partial charge in [0, 0.05) is 43.3 Å². The van der Waals surface area contributed by atoms with Crippen LogP contribution in [0, 0.1) is 0 Å². The molecule has 0 bridgehead atoms. The van der Waals surface area contributed by atoms with Gasteiger partial charge in [0.05, 0.1) is 19.1 Å². The summed E-state index contributed by atoms with van der Waals surface area (Å²) in [5.74, 6) is 0.299. The van der Waals surface area contributed by atoms with Gasteiger partial charge in [0.25, 0.3) is 0 Å². The molecule has 0 N–H and O–H groups in total. The van der Waals surface area contributed by atoms with Crippen LogP contribution in [0.1, 0.15) is 40.7 Å². The van der Waals surface area contributed by atoms with Crippen LogP contribution in [0.15, 0.2) is 54.7 Å². The van der Waals surface area contributed by atoms with Crippen molar-refractivity contribution in [1.82, 2.24) is 9.47 Å². The molecule has 1 atom stereocenters. The van der Waals surface area contributed by atoms with E-state index in [1.54, 1.807) is 12.1 Å². The minimum Gasteiger partial charge on any atom is -0.485 e. The number of fused-ring (bicyclic) bond motifs is 2. The van der Waals surface area contributed by atoms with E-state index in [4.69, 9.17) is 4.74 Å². The highest BCUT2D eigenvalue weighted by atomic mass is 16.5. The maximum atomic E-state index is 13.1. The van der Waals surface area contributed by atoms with Crippen molar-refractivity contribution in [2.45, 2.75) is 31.4 Å². The number of rotatable bonds is 4. The fourth-order valence-electron chi connectivity index (χ4n) is 5.19. The van der Waals surface area contributed by atoms with Gasteiger partial charge in [-0.15, -0.1) is 0 Å². The van der Waals surface area contributed by atoms with Gasteiger partial charge in [-0.05, 0) is 54.8 Å². The van der Waals surface area contributed by atoms with Crippen LogP contribution in [-0.2, 0) is 23.1 Å². The number of likely N-dealkylation sites (tertiary alicyclic amines) is 1. The number of carbonyl (C=O) groups is 2. The molecule has 1 unspecified atom stereocenters. The Morgan fingerprint density at radius 1 is 1.24 bits per heavy atom. The Kier molecular flexibility index (Phi) is 5.54. The predicted molar refractivity (Wildman–Crippen MR) is 127 cm³/mol. The van der Waals surface area contributed by atoms with Crippen LogP contribution in [0.25, 0.3) is 17.0 Å². The van der Waals surface area contributed by atoms with E-state index < -0.39 is 11.6 Å². The summed E-state index contributed by atoms with van der Waals surface area (Å²) in [5.41, 5.74) is 3.40. The SMILES string of the molecule is COC(=O)C=Cc1ccc2c(c1)C(=O)CC1(CCCN(Cc3cn(C)c4ccccc34)C1)O2. The van der Waals surface area contributed by atoms with Crippen molar-refractivity contribution in [3.63, 3.8) is 0 Å². The molecule has 5 rings (SSSR count). The van der Waals surface area contributed by atoms with E-state index in [1.165, 1.54) is 29.7 Å². The quantitative estimate of drug-likeness (QED) is 0.442. The van der Waals surface area contributed by atoms with Crippen LogP contribution < -0.4 is 4.74 Å². The molecule has 2 aromatic carbocycles. The molecule has 0 radical (unpaired) electrons. The molecular weight excluding hydrogens is 416 g/mol. The Hall–Kier alpha value is -3.38. The van der Waals surface area contributed by atoms with Crippen LogP contribution in [0.2, 0.25) is 0 Å². The molecular formula is C27H28N2O4. The third kappa shape index (κ3) is 4.18. The first-order valence-corrected chi connectivity index (χ1v) is 11.3. The molecule has 33 heavy (non-hydrogen) atoms. The molecule has 3 heterocycles. The van der Waals surface area contributed by atoms with E-state index in [1.807, 2.05) is 12.1 Å². The Morgan fingerprint density at radius 3 is 2.94 bits per heavy atom. The largest absolute Gasteiger partial charge is 0.485 e. The van der Waals surface area contributed by atoms with Gasteiger partial charge >= 0.3 is 5.97 Å². The molecule has 0 amide bonds. The number of para-hydroxylation sites is 1. The average Bonchev–Trinajstić information content (AvgIpc) is 3.13. The third-order valence-electron chi connectivity index (χ3n) is 6.72. The Bertz CT molecular complexity index is 1260. The van der Waals surface area contributed by atoms with Crippen LogP contribution >= 0.6 is 0 Å². The maximum absolute atomic E-state index is 13.1. The van der Waals surface area contributed by atoms with Gasteiger partial charge in [-0.3, -0.25) is 9.69 Å². The summed E-state index contributed by atoms with van der Waals surface area (Å²) in [6.45, 7) is 2.56. The van der Waals surface area contributed by atoms with Crippen LogP contribution in [0.3, 0.4) is 0 Å². The summed E-state index contributed by atoms with van der Waals surface area (Å²) in [6.07, 6.45) is 7.44. The number of hydrogen-bond acceptors (Lipinski definition) is 5. The minimum absolute atomic E-state index is 0.0941. The molecule has 1 saturated heterocycles. The lowest BCUT2D eigenvalue weighted by Gasteiger charge is -2.45. The fourth-order valence-corrected chi connectivity index (χ4v) is 5.19. The van der Waals surface area contributed by atoms with Gasteiger partial charge in [-0.25, -0.2) is 4.79 Å². The number of esters is 1. The van der Waals surface area contributed by atoms with Gasteiger partial charge in [0.1, 0.15) is 11.4 Å². The van der Waals surface area contributed by atoms with Gasteiger partial charge in [-0.1, -0.05) is 24.3 Å². The van der Waals surface area contributed by atoms with Gasteiger partial charge in [0.15, 0.2) is 5.78 Å². The topological polar surface area (TPSA) is 60.8 Å². The number of aryl methyl sites for hydroxylation is 1. The first-order valence-electron chi connectivity index (χ1n) is 11.3. The molecule has 6 nitrogen and oxygen atoms in total. The Morgan fingerprint density at radius 2 is 2.09 bits per heavy atom. The zero-order chi connectivity index (χ0) is 23.0. The second-order valence-corrected chi connectivity index (χ2v) is 9.09. The number of Topliss-reactive ketones (excluding diaryl/α,β-unsaturated/α-hetero) is 1. The van der Waals surface area contributed by atoms with E-state index in [2.05, 4.69) is 51.7 Å². The van der Waals surface area contributed by atoms with Crippen molar-refractivity contribution in [2.24, 2.45) is 7.05 Å². The average molecular weight is 445 g/mol. The number of aromatic nitrogens is 1. The van der Waals surface area contributed by atoms with Crippen LogP contribution in [0.5, 0.6) is 5.75 Å². The standard InChI is InChI=1S/C27H28N2O4/c1-28-16-20(21-6-3-4-7-23(21)28)17-29-13-5-12-27(18-29)15-24(30)22-14-19(8-10-25(22)33-27)9-11-26(31)32-2/h3-4,6-11,14,16H,5,12-13,15,17-18H2,1-2H3. The molecule has 6 heteroatoms. The zero-order valence-electron chi connectivity index (χ0n) is 19.0. The minimum atomic E-state index is -0.490. The number of carbonyl (C=O) groups excluding carboxylic acids is 2. The number of hydrogen-bond donors (Lipinski definition) is 0. The molecule has 3 aromatic rings. The number of nitrogens with zero attached hydrogens (tertiary/aromatic N) is 2. The summed E-state index contributed by atoms with van der Waals surface area (Å²) < 4.78 is 13.3. The van der Waals surface area contributed by atoms with Crippen molar-refractivity contribution >= 4 is 28.7 Å². The summed E-state index contributed by atoms with van der Waals surface area (Å²) >= 11 is 0. The van der Waals surface area contributed by atoms with E-state index in [-0.39, 0.29) is 5.78 Å². The van der Waals surface area contributed by atoms with Crippen molar-refractivity contribution < 1.29 is 19.1 Å². The fraction of sp³-hybridized carbons (Fsp3) is 0.333. The smallest absolute Gasteiger partial charge is 0.330 e.